The van der Waals surface area contributed by atoms with Crippen molar-refractivity contribution in [2.75, 3.05) is 6.61 Å². The maximum absolute atomic E-state index is 12.7. The Hall–Kier alpha value is -2.33. The molecule has 0 fully saturated rings. The molecule has 2 rings (SSSR count). The van der Waals surface area contributed by atoms with Gasteiger partial charge in [0.25, 0.3) is 11.8 Å². The number of benzene rings is 2. The van der Waals surface area contributed by atoms with E-state index in [0.717, 1.165) is 9.13 Å². The average Bonchev–Trinajstić information content (AvgIpc) is 2.74. The fraction of sp³-hybridized carbons (Fsp3) is 0.375. The van der Waals surface area contributed by atoms with Crippen molar-refractivity contribution in [2.45, 2.75) is 46.8 Å². The Bertz CT molecular complexity index is 994. The van der Waals surface area contributed by atoms with E-state index in [1.807, 2.05) is 40.7 Å². The molecule has 0 aliphatic rings. The fourth-order valence-electron chi connectivity index (χ4n) is 2.88. The second-order valence-corrected chi connectivity index (χ2v) is 9.46. The zero-order valence-corrected chi connectivity index (χ0v) is 22.2. The van der Waals surface area contributed by atoms with E-state index in [1.54, 1.807) is 30.3 Å². The molecule has 0 heterocycles. The largest absolute Gasteiger partial charge is 0.490 e. The van der Waals surface area contributed by atoms with Gasteiger partial charge in [0.2, 0.25) is 0 Å². The third-order valence-electron chi connectivity index (χ3n) is 4.42. The molecule has 2 aromatic carbocycles. The van der Waals surface area contributed by atoms with Crippen LogP contribution in [0.2, 0.25) is 5.02 Å². The molecule has 0 radical (unpaired) electrons. The van der Waals surface area contributed by atoms with Crippen molar-refractivity contribution >= 4 is 52.2 Å². The minimum Gasteiger partial charge on any atom is -0.490 e. The summed E-state index contributed by atoms with van der Waals surface area (Å²) in [5.74, 6) is 0.373. The highest BCUT2D eigenvalue weighted by atomic mass is 127. The summed E-state index contributed by atoms with van der Waals surface area (Å²) in [5.41, 5.74) is 3.68. The predicted molar refractivity (Wildman–Crippen MR) is 139 cm³/mol. The van der Waals surface area contributed by atoms with Crippen LogP contribution in [0.1, 0.15) is 50.5 Å². The number of hydrogen-bond acceptors (Lipinski definition) is 5. The average molecular weight is 586 g/mol. The van der Waals surface area contributed by atoms with Crippen LogP contribution in [-0.2, 0) is 4.79 Å². The van der Waals surface area contributed by atoms with Crippen LogP contribution in [0.25, 0.3) is 0 Å². The molecule has 0 spiro atoms. The lowest BCUT2D eigenvalue weighted by atomic mass is 10.0. The maximum atomic E-state index is 12.7. The molecule has 2 N–H and O–H groups in total. The first-order valence-corrected chi connectivity index (χ1v) is 12.1. The molecule has 0 bridgehead atoms. The van der Waals surface area contributed by atoms with Gasteiger partial charge < -0.3 is 14.8 Å². The van der Waals surface area contributed by atoms with Crippen molar-refractivity contribution in [1.29, 1.82) is 0 Å². The molecule has 1 atom stereocenters. The van der Waals surface area contributed by atoms with Gasteiger partial charge in [-0.1, -0.05) is 25.4 Å². The molecule has 0 aliphatic carbocycles. The van der Waals surface area contributed by atoms with Crippen molar-refractivity contribution in [3.63, 3.8) is 0 Å². The van der Waals surface area contributed by atoms with Crippen LogP contribution in [0.15, 0.2) is 41.5 Å². The number of amides is 2. The van der Waals surface area contributed by atoms with Crippen LogP contribution >= 0.6 is 34.2 Å². The quantitative estimate of drug-likeness (QED) is 0.232. The Balaban J connectivity index is 2.11. The number of ether oxygens (including phenoxy) is 2. The minimum absolute atomic E-state index is 0.00702. The number of nitrogens with one attached hydrogen (secondary N) is 2. The van der Waals surface area contributed by atoms with Gasteiger partial charge in [-0.05, 0) is 91.2 Å². The van der Waals surface area contributed by atoms with Gasteiger partial charge in [-0.25, -0.2) is 5.43 Å². The van der Waals surface area contributed by atoms with Crippen LogP contribution < -0.4 is 20.2 Å². The second-order valence-electron chi connectivity index (χ2n) is 7.87. The summed E-state index contributed by atoms with van der Waals surface area (Å²) in [7, 11) is 0. The van der Waals surface area contributed by atoms with Gasteiger partial charge in [0.15, 0.2) is 11.5 Å². The Morgan fingerprint density at radius 2 is 1.82 bits per heavy atom. The summed E-state index contributed by atoms with van der Waals surface area (Å²) in [4.78, 5) is 25.2. The molecule has 2 amide bonds. The van der Waals surface area contributed by atoms with Gasteiger partial charge in [-0.2, -0.15) is 5.10 Å². The van der Waals surface area contributed by atoms with E-state index in [9.17, 15) is 9.59 Å². The van der Waals surface area contributed by atoms with E-state index in [-0.39, 0.29) is 17.9 Å². The topological polar surface area (TPSA) is 89.0 Å². The number of rotatable bonds is 10. The van der Waals surface area contributed by atoms with Gasteiger partial charge in [-0.15, -0.1) is 0 Å². The number of halogens is 2. The van der Waals surface area contributed by atoms with Crippen LogP contribution in [0.5, 0.6) is 11.5 Å². The second kappa shape index (κ2) is 12.8. The SMILES string of the molecule is CCOc1cc(C=NNC(=O)C(NC(=O)c2ccc(Cl)cc2)C(C)C)cc(I)c1OC(C)C. The highest BCUT2D eigenvalue weighted by Gasteiger charge is 2.24. The number of hydrogen-bond donors (Lipinski definition) is 2. The summed E-state index contributed by atoms with van der Waals surface area (Å²) in [6.45, 7) is 9.99. The van der Waals surface area contributed by atoms with Gasteiger partial charge in [0.1, 0.15) is 6.04 Å². The predicted octanol–water partition coefficient (Wildman–Crippen LogP) is 5.04. The number of carbonyl (C=O) groups is 2. The first-order chi connectivity index (χ1) is 15.6. The van der Waals surface area contributed by atoms with Gasteiger partial charge in [0, 0.05) is 10.6 Å². The first kappa shape index (κ1) is 26.9. The summed E-state index contributed by atoms with van der Waals surface area (Å²) in [5, 5.41) is 7.36. The molecule has 7 nitrogen and oxygen atoms in total. The lowest BCUT2D eigenvalue weighted by Crippen LogP contribution is -2.48. The zero-order valence-electron chi connectivity index (χ0n) is 19.3. The maximum Gasteiger partial charge on any atom is 0.262 e. The molecule has 9 heteroatoms. The van der Waals surface area contributed by atoms with Crippen molar-refractivity contribution in [2.24, 2.45) is 11.0 Å². The highest BCUT2D eigenvalue weighted by Crippen LogP contribution is 2.34. The molecule has 0 aliphatic heterocycles. The van der Waals surface area contributed by atoms with E-state index >= 15 is 0 Å². The minimum atomic E-state index is -0.758. The van der Waals surface area contributed by atoms with Crippen molar-refractivity contribution in [1.82, 2.24) is 10.7 Å². The molecule has 178 valence electrons. The zero-order chi connectivity index (χ0) is 24.5. The van der Waals surface area contributed by atoms with Gasteiger partial charge in [0.05, 0.1) is 22.5 Å². The fourth-order valence-corrected chi connectivity index (χ4v) is 3.75. The molecular weight excluding hydrogens is 557 g/mol. The van der Waals surface area contributed by atoms with Crippen molar-refractivity contribution < 1.29 is 19.1 Å². The number of nitrogens with zero attached hydrogens (tertiary/aromatic N) is 1. The summed E-state index contributed by atoms with van der Waals surface area (Å²) in [6, 6.07) is 9.40. The third kappa shape index (κ3) is 8.19. The Labute approximate surface area is 213 Å². The molecule has 0 saturated carbocycles. The summed E-state index contributed by atoms with van der Waals surface area (Å²) < 4.78 is 12.5. The normalized spacial score (nSPS) is 12.2. The molecule has 33 heavy (non-hydrogen) atoms. The Morgan fingerprint density at radius 1 is 1.15 bits per heavy atom. The van der Waals surface area contributed by atoms with E-state index in [0.29, 0.717) is 28.7 Å². The van der Waals surface area contributed by atoms with Gasteiger partial charge >= 0.3 is 0 Å². The third-order valence-corrected chi connectivity index (χ3v) is 5.47. The molecular formula is C24H29ClIN3O4. The highest BCUT2D eigenvalue weighted by molar-refractivity contribution is 14.1. The lowest BCUT2D eigenvalue weighted by molar-refractivity contribution is -0.123. The van der Waals surface area contributed by atoms with E-state index in [4.69, 9.17) is 21.1 Å². The van der Waals surface area contributed by atoms with Crippen molar-refractivity contribution in [3.8, 4) is 11.5 Å². The van der Waals surface area contributed by atoms with Crippen LogP contribution in [0.3, 0.4) is 0 Å². The van der Waals surface area contributed by atoms with Crippen LogP contribution in [-0.4, -0.2) is 36.8 Å². The number of carbonyl (C=O) groups excluding carboxylic acids is 2. The van der Waals surface area contributed by atoms with E-state index in [2.05, 4.69) is 38.4 Å². The number of hydrazone groups is 1. The Morgan fingerprint density at radius 3 is 2.39 bits per heavy atom. The molecule has 0 aromatic heterocycles. The molecule has 1 unspecified atom stereocenters. The van der Waals surface area contributed by atoms with Crippen molar-refractivity contribution in [3.05, 3.63) is 56.1 Å². The molecule has 0 saturated heterocycles. The standard InChI is InChI=1S/C24H29ClIN3O4/c1-6-32-20-12-16(11-19(26)22(20)33-15(4)5)13-27-29-24(31)21(14(2)3)28-23(30)17-7-9-18(25)10-8-17/h7-15,21H,6H2,1-5H3,(H,28,30)(H,29,31). The molecule has 2 aromatic rings. The monoisotopic (exact) mass is 585 g/mol. The smallest absolute Gasteiger partial charge is 0.262 e. The van der Waals surface area contributed by atoms with Crippen LogP contribution in [0.4, 0.5) is 0 Å². The van der Waals surface area contributed by atoms with E-state index < -0.39 is 11.9 Å². The van der Waals surface area contributed by atoms with E-state index in [1.165, 1.54) is 6.21 Å². The van der Waals surface area contributed by atoms with Gasteiger partial charge in [-0.3, -0.25) is 9.59 Å². The summed E-state index contributed by atoms with van der Waals surface area (Å²) >= 11 is 8.05. The van der Waals surface area contributed by atoms with Crippen LogP contribution in [0, 0.1) is 9.49 Å². The lowest BCUT2D eigenvalue weighted by Gasteiger charge is -2.20. The summed E-state index contributed by atoms with van der Waals surface area (Å²) in [6.07, 6.45) is 1.53. The first-order valence-electron chi connectivity index (χ1n) is 10.6. The Kier molecular flexibility index (Phi) is 10.4.